The van der Waals surface area contributed by atoms with E-state index in [1.54, 1.807) is 11.3 Å². The van der Waals surface area contributed by atoms with E-state index in [1.807, 2.05) is 12.3 Å². The fraction of sp³-hybridized carbons (Fsp3) is 0.462. The second-order valence-electron chi connectivity index (χ2n) is 4.33. The molecule has 0 saturated carbocycles. The van der Waals surface area contributed by atoms with Crippen LogP contribution >= 0.6 is 11.3 Å². The summed E-state index contributed by atoms with van der Waals surface area (Å²) < 4.78 is 1.27. The molecule has 0 aliphatic rings. The number of thiophene rings is 1. The van der Waals surface area contributed by atoms with E-state index in [9.17, 15) is 0 Å². The summed E-state index contributed by atoms with van der Waals surface area (Å²) in [5.74, 6) is 1.03. The van der Waals surface area contributed by atoms with E-state index in [1.165, 1.54) is 10.1 Å². The van der Waals surface area contributed by atoms with Crippen molar-refractivity contribution in [2.24, 2.45) is 0 Å². The number of hydrogen-bond acceptors (Lipinski definition) is 4. The second-order valence-corrected chi connectivity index (χ2v) is 5.28. The van der Waals surface area contributed by atoms with Crippen molar-refractivity contribution in [2.75, 3.05) is 18.1 Å². The van der Waals surface area contributed by atoms with Crippen LogP contribution in [0.15, 0.2) is 23.7 Å². The van der Waals surface area contributed by atoms with Crippen LogP contribution in [0.1, 0.15) is 20.3 Å². The molecule has 4 heteroatoms. The SMILES string of the molecule is CC(C)N(CCCO)c1nccc2sccc12. The van der Waals surface area contributed by atoms with Crippen LogP contribution in [0.3, 0.4) is 0 Å². The number of anilines is 1. The highest BCUT2D eigenvalue weighted by Gasteiger charge is 2.14. The summed E-state index contributed by atoms with van der Waals surface area (Å²) in [6.45, 7) is 5.38. The molecule has 0 aromatic carbocycles. The monoisotopic (exact) mass is 250 g/mol. The molecule has 0 aliphatic heterocycles. The Hall–Kier alpha value is -1.13. The molecule has 0 unspecified atom stereocenters. The number of fused-ring (bicyclic) bond motifs is 1. The van der Waals surface area contributed by atoms with Gasteiger partial charge >= 0.3 is 0 Å². The van der Waals surface area contributed by atoms with E-state index in [2.05, 4.69) is 35.2 Å². The topological polar surface area (TPSA) is 36.4 Å². The van der Waals surface area contributed by atoms with E-state index < -0.39 is 0 Å². The maximum absolute atomic E-state index is 8.97. The highest BCUT2D eigenvalue weighted by molar-refractivity contribution is 7.17. The first-order valence-corrected chi connectivity index (χ1v) is 6.81. The normalized spacial score (nSPS) is 11.3. The number of pyridine rings is 1. The first kappa shape index (κ1) is 12.3. The highest BCUT2D eigenvalue weighted by Crippen LogP contribution is 2.29. The second kappa shape index (κ2) is 5.47. The molecule has 2 rings (SSSR count). The van der Waals surface area contributed by atoms with Gasteiger partial charge < -0.3 is 10.0 Å². The number of aromatic nitrogens is 1. The Morgan fingerprint density at radius 3 is 2.94 bits per heavy atom. The van der Waals surface area contributed by atoms with Crippen molar-refractivity contribution >= 4 is 27.2 Å². The molecular weight excluding hydrogens is 232 g/mol. The predicted octanol–water partition coefficient (Wildman–Crippen LogP) is 2.89. The Labute approximate surface area is 106 Å². The van der Waals surface area contributed by atoms with Crippen LogP contribution in [-0.4, -0.2) is 29.3 Å². The number of aliphatic hydroxyl groups excluding tert-OH is 1. The first-order valence-electron chi connectivity index (χ1n) is 5.93. The maximum Gasteiger partial charge on any atom is 0.137 e. The van der Waals surface area contributed by atoms with Gasteiger partial charge in [0.25, 0.3) is 0 Å². The third-order valence-corrected chi connectivity index (χ3v) is 3.69. The van der Waals surface area contributed by atoms with Crippen molar-refractivity contribution in [1.82, 2.24) is 4.98 Å². The summed E-state index contributed by atoms with van der Waals surface area (Å²) in [4.78, 5) is 6.76. The van der Waals surface area contributed by atoms with Gasteiger partial charge in [0.05, 0.1) is 0 Å². The minimum absolute atomic E-state index is 0.225. The van der Waals surface area contributed by atoms with Crippen molar-refractivity contribution in [3.05, 3.63) is 23.7 Å². The lowest BCUT2D eigenvalue weighted by Crippen LogP contribution is -2.33. The lowest BCUT2D eigenvalue weighted by atomic mass is 10.2. The summed E-state index contributed by atoms with van der Waals surface area (Å²) >= 11 is 1.74. The smallest absolute Gasteiger partial charge is 0.137 e. The van der Waals surface area contributed by atoms with Crippen molar-refractivity contribution < 1.29 is 5.11 Å². The quantitative estimate of drug-likeness (QED) is 0.886. The molecule has 0 atom stereocenters. The van der Waals surface area contributed by atoms with Crippen LogP contribution < -0.4 is 4.90 Å². The summed E-state index contributed by atoms with van der Waals surface area (Å²) in [6.07, 6.45) is 2.64. The van der Waals surface area contributed by atoms with Crippen LogP contribution in [0.4, 0.5) is 5.82 Å². The Morgan fingerprint density at radius 2 is 2.24 bits per heavy atom. The van der Waals surface area contributed by atoms with E-state index >= 15 is 0 Å². The van der Waals surface area contributed by atoms with Crippen LogP contribution in [-0.2, 0) is 0 Å². The molecule has 2 heterocycles. The van der Waals surface area contributed by atoms with Crippen LogP contribution in [0.2, 0.25) is 0 Å². The average molecular weight is 250 g/mol. The van der Waals surface area contributed by atoms with Gasteiger partial charge in [-0.1, -0.05) is 0 Å². The van der Waals surface area contributed by atoms with Gasteiger partial charge in [-0.3, -0.25) is 0 Å². The lowest BCUT2D eigenvalue weighted by molar-refractivity contribution is 0.288. The molecule has 2 aromatic heterocycles. The Balaban J connectivity index is 2.37. The van der Waals surface area contributed by atoms with Crippen molar-refractivity contribution in [3.63, 3.8) is 0 Å². The van der Waals surface area contributed by atoms with Gasteiger partial charge in [-0.15, -0.1) is 11.3 Å². The summed E-state index contributed by atoms with van der Waals surface area (Å²) in [5.41, 5.74) is 0. The third kappa shape index (κ3) is 2.58. The van der Waals surface area contributed by atoms with Crippen LogP contribution in [0.25, 0.3) is 10.1 Å². The third-order valence-electron chi connectivity index (χ3n) is 2.81. The molecule has 17 heavy (non-hydrogen) atoms. The molecule has 1 N–H and O–H groups in total. The minimum atomic E-state index is 0.225. The maximum atomic E-state index is 8.97. The number of hydrogen-bond donors (Lipinski definition) is 1. The largest absolute Gasteiger partial charge is 0.396 e. The molecule has 92 valence electrons. The fourth-order valence-electron chi connectivity index (χ4n) is 1.96. The number of rotatable bonds is 5. The standard InChI is InChI=1S/C13H18N2OS/c1-10(2)15(7-3-8-16)13-11-5-9-17-12(11)4-6-14-13/h4-6,9-10,16H,3,7-8H2,1-2H3. The summed E-state index contributed by atoms with van der Waals surface area (Å²) in [5, 5.41) is 12.3. The molecule has 0 saturated heterocycles. The van der Waals surface area contributed by atoms with Gasteiger partial charge in [-0.2, -0.15) is 0 Å². The van der Waals surface area contributed by atoms with Crippen molar-refractivity contribution in [2.45, 2.75) is 26.3 Å². The van der Waals surface area contributed by atoms with E-state index in [0.29, 0.717) is 6.04 Å². The van der Waals surface area contributed by atoms with Crippen LogP contribution in [0.5, 0.6) is 0 Å². The predicted molar refractivity (Wildman–Crippen MR) is 73.8 cm³/mol. The minimum Gasteiger partial charge on any atom is -0.396 e. The van der Waals surface area contributed by atoms with E-state index in [0.717, 1.165) is 18.8 Å². The lowest BCUT2D eigenvalue weighted by Gasteiger charge is -2.28. The zero-order valence-corrected chi connectivity index (χ0v) is 11.1. The molecule has 3 nitrogen and oxygen atoms in total. The number of aliphatic hydroxyl groups is 1. The van der Waals surface area contributed by atoms with E-state index in [-0.39, 0.29) is 6.61 Å². The van der Waals surface area contributed by atoms with E-state index in [4.69, 9.17) is 5.11 Å². The molecular formula is C13H18N2OS. The van der Waals surface area contributed by atoms with Gasteiger partial charge in [0.2, 0.25) is 0 Å². The average Bonchev–Trinajstić information content (AvgIpc) is 2.77. The molecule has 0 radical (unpaired) electrons. The first-order chi connectivity index (χ1) is 8.24. The van der Waals surface area contributed by atoms with Gasteiger partial charge in [0, 0.05) is 35.5 Å². The Morgan fingerprint density at radius 1 is 1.41 bits per heavy atom. The fourth-order valence-corrected chi connectivity index (χ4v) is 2.73. The molecule has 2 aromatic rings. The van der Waals surface area contributed by atoms with Crippen molar-refractivity contribution in [1.29, 1.82) is 0 Å². The van der Waals surface area contributed by atoms with Gasteiger partial charge in [-0.25, -0.2) is 4.98 Å². The van der Waals surface area contributed by atoms with Crippen molar-refractivity contribution in [3.8, 4) is 0 Å². The molecule has 0 spiro atoms. The van der Waals surface area contributed by atoms with Gasteiger partial charge in [0.1, 0.15) is 5.82 Å². The molecule has 0 fully saturated rings. The van der Waals surface area contributed by atoms with Gasteiger partial charge in [0.15, 0.2) is 0 Å². The van der Waals surface area contributed by atoms with Gasteiger partial charge in [-0.05, 0) is 37.8 Å². The summed E-state index contributed by atoms with van der Waals surface area (Å²) in [7, 11) is 0. The Bertz CT molecular complexity index is 481. The molecule has 0 bridgehead atoms. The summed E-state index contributed by atoms with van der Waals surface area (Å²) in [6, 6.07) is 4.56. The highest BCUT2D eigenvalue weighted by atomic mass is 32.1. The molecule has 0 aliphatic carbocycles. The molecule has 0 amide bonds. The Kier molecular flexibility index (Phi) is 3.97. The zero-order valence-electron chi connectivity index (χ0n) is 10.3. The zero-order chi connectivity index (χ0) is 12.3. The van der Waals surface area contributed by atoms with Crippen LogP contribution in [0, 0.1) is 0 Å². The number of nitrogens with zero attached hydrogens (tertiary/aromatic N) is 2.